The fourth-order valence-corrected chi connectivity index (χ4v) is 1.91. The first kappa shape index (κ1) is 14.0. The number of nitrogens with zero attached hydrogens (tertiary/aromatic N) is 3. The number of aryl methyl sites for hydroxylation is 1. The number of benzene rings is 1. The maximum absolute atomic E-state index is 12.4. The summed E-state index contributed by atoms with van der Waals surface area (Å²) in [7, 11) is 1.53. The second-order valence-electron chi connectivity index (χ2n) is 4.49. The van der Waals surface area contributed by atoms with Gasteiger partial charge in [-0.15, -0.1) is 0 Å². The van der Waals surface area contributed by atoms with Gasteiger partial charge in [0.15, 0.2) is 0 Å². The summed E-state index contributed by atoms with van der Waals surface area (Å²) in [5.74, 6) is -0.174. The monoisotopic (exact) mass is 271 g/mol. The highest BCUT2D eigenvalue weighted by molar-refractivity contribution is 5.92. The van der Waals surface area contributed by atoms with Gasteiger partial charge in [-0.3, -0.25) is 9.59 Å². The lowest BCUT2D eigenvalue weighted by Gasteiger charge is -2.20. The van der Waals surface area contributed by atoms with Crippen molar-refractivity contribution in [3.63, 3.8) is 0 Å². The zero-order valence-electron chi connectivity index (χ0n) is 11.6. The van der Waals surface area contributed by atoms with Crippen molar-refractivity contribution >= 4 is 5.91 Å². The van der Waals surface area contributed by atoms with Crippen LogP contribution in [0, 0.1) is 0 Å². The van der Waals surface area contributed by atoms with E-state index in [0.717, 1.165) is 5.56 Å². The highest BCUT2D eigenvalue weighted by atomic mass is 16.2. The summed E-state index contributed by atoms with van der Waals surface area (Å²) >= 11 is 0. The summed E-state index contributed by atoms with van der Waals surface area (Å²) in [5.41, 5.74) is 1.12. The Kier molecular flexibility index (Phi) is 4.30. The topological polar surface area (TPSA) is 55.2 Å². The molecule has 1 amide bonds. The standard InChI is InChI=1S/C15H17N3O2/c1-3-18(11-12-7-5-4-6-8-12)15(20)13-9-10-14(19)17(2)16-13/h4-10H,3,11H2,1-2H3. The smallest absolute Gasteiger partial charge is 0.274 e. The van der Waals surface area contributed by atoms with Gasteiger partial charge in [-0.25, -0.2) is 4.68 Å². The molecule has 0 bridgehead atoms. The van der Waals surface area contributed by atoms with Crippen LogP contribution in [0.5, 0.6) is 0 Å². The fraction of sp³-hybridized carbons (Fsp3) is 0.267. The van der Waals surface area contributed by atoms with Crippen molar-refractivity contribution in [2.75, 3.05) is 6.54 Å². The molecule has 1 heterocycles. The summed E-state index contributed by atoms with van der Waals surface area (Å²) in [5, 5.41) is 4.00. The Morgan fingerprint density at radius 3 is 2.50 bits per heavy atom. The molecule has 0 aliphatic heterocycles. The molecule has 0 radical (unpaired) electrons. The van der Waals surface area contributed by atoms with Crippen molar-refractivity contribution in [2.45, 2.75) is 13.5 Å². The Hall–Kier alpha value is -2.43. The molecule has 2 rings (SSSR count). The van der Waals surface area contributed by atoms with E-state index in [9.17, 15) is 9.59 Å². The molecule has 1 aromatic carbocycles. The van der Waals surface area contributed by atoms with Crippen LogP contribution in [-0.2, 0) is 13.6 Å². The molecule has 1 aromatic heterocycles. The van der Waals surface area contributed by atoms with E-state index < -0.39 is 0 Å². The first-order chi connectivity index (χ1) is 9.61. The Balaban J connectivity index is 2.20. The van der Waals surface area contributed by atoms with Crippen molar-refractivity contribution < 1.29 is 4.79 Å². The van der Waals surface area contributed by atoms with Crippen molar-refractivity contribution in [3.8, 4) is 0 Å². The number of hydrogen-bond acceptors (Lipinski definition) is 3. The summed E-state index contributed by atoms with van der Waals surface area (Å²) in [6.45, 7) is 3.03. The third kappa shape index (κ3) is 3.12. The average Bonchev–Trinajstić information content (AvgIpc) is 2.48. The largest absolute Gasteiger partial charge is 0.333 e. The molecule has 0 saturated carbocycles. The van der Waals surface area contributed by atoms with Gasteiger partial charge in [0.1, 0.15) is 5.69 Å². The SMILES string of the molecule is CCN(Cc1ccccc1)C(=O)c1ccc(=O)n(C)n1. The Bertz CT molecular complexity index is 650. The maximum Gasteiger partial charge on any atom is 0.274 e. The lowest BCUT2D eigenvalue weighted by molar-refractivity contribution is 0.0744. The molecular formula is C15H17N3O2. The second kappa shape index (κ2) is 6.14. The third-order valence-electron chi connectivity index (χ3n) is 3.06. The summed E-state index contributed by atoms with van der Waals surface area (Å²) in [6.07, 6.45) is 0. The molecule has 0 aliphatic rings. The predicted octanol–water partition coefficient (Wildman–Crippen LogP) is 1.44. The van der Waals surface area contributed by atoms with E-state index in [1.165, 1.54) is 23.9 Å². The number of hydrogen-bond donors (Lipinski definition) is 0. The van der Waals surface area contributed by atoms with E-state index in [0.29, 0.717) is 13.1 Å². The number of aromatic nitrogens is 2. The quantitative estimate of drug-likeness (QED) is 0.845. The highest BCUT2D eigenvalue weighted by Crippen LogP contribution is 2.07. The van der Waals surface area contributed by atoms with E-state index in [1.54, 1.807) is 4.90 Å². The maximum atomic E-state index is 12.4. The molecule has 2 aromatic rings. The van der Waals surface area contributed by atoms with Crippen molar-refractivity contribution in [3.05, 3.63) is 64.1 Å². The van der Waals surface area contributed by atoms with Crippen LogP contribution in [0.25, 0.3) is 0 Å². The molecule has 0 unspecified atom stereocenters. The fourth-order valence-electron chi connectivity index (χ4n) is 1.91. The van der Waals surface area contributed by atoms with Gasteiger partial charge in [0.2, 0.25) is 0 Å². The van der Waals surface area contributed by atoms with E-state index in [-0.39, 0.29) is 17.2 Å². The number of rotatable bonds is 4. The van der Waals surface area contributed by atoms with Gasteiger partial charge in [-0.2, -0.15) is 5.10 Å². The Morgan fingerprint density at radius 2 is 1.90 bits per heavy atom. The van der Waals surface area contributed by atoms with Gasteiger partial charge in [-0.1, -0.05) is 30.3 Å². The van der Waals surface area contributed by atoms with Gasteiger partial charge in [0.25, 0.3) is 11.5 Å². The Morgan fingerprint density at radius 1 is 1.20 bits per heavy atom. The molecule has 5 nitrogen and oxygen atoms in total. The van der Waals surface area contributed by atoms with Crippen LogP contribution in [0.1, 0.15) is 23.0 Å². The number of carbonyl (C=O) groups is 1. The summed E-state index contributed by atoms with van der Waals surface area (Å²) < 4.78 is 1.17. The number of amides is 1. The van der Waals surface area contributed by atoms with Gasteiger partial charge in [-0.05, 0) is 18.6 Å². The van der Waals surface area contributed by atoms with Gasteiger partial charge in [0.05, 0.1) is 0 Å². The molecule has 0 fully saturated rings. The van der Waals surface area contributed by atoms with Gasteiger partial charge >= 0.3 is 0 Å². The van der Waals surface area contributed by atoms with Gasteiger partial charge < -0.3 is 4.90 Å². The first-order valence-corrected chi connectivity index (χ1v) is 6.49. The summed E-state index contributed by atoms with van der Waals surface area (Å²) in [6, 6.07) is 12.6. The van der Waals surface area contributed by atoms with Crippen LogP contribution in [0.3, 0.4) is 0 Å². The van der Waals surface area contributed by atoms with E-state index in [2.05, 4.69) is 5.10 Å². The lowest BCUT2D eigenvalue weighted by atomic mass is 10.2. The van der Waals surface area contributed by atoms with Crippen LogP contribution in [0.4, 0.5) is 0 Å². The van der Waals surface area contributed by atoms with E-state index >= 15 is 0 Å². The average molecular weight is 271 g/mol. The second-order valence-corrected chi connectivity index (χ2v) is 4.49. The van der Waals surface area contributed by atoms with Crippen molar-refractivity contribution in [2.24, 2.45) is 7.05 Å². The minimum Gasteiger partial charge on any atom is -0.333 e. The highest BCUT2D eigenvalue weighted by Gasteiger charge is 2.16. The van der Waals surface area contributed by atoms with Crippen LogP contribution in [0.15, 0.2) is 47.3 Å². The summed E-state index contributed by atoms with van der Waals surface area (Å²) in [4.78, 5) is 25.4. The normalized spacial score (nSPS) is 10.3. The molecule has 20 heavy (non-hydrogen) atoms. The van der Waals surface area contributed by atoms with Crippen LogP contribution in [-0.4, -0.2) is 27.1 Å². The molecule has 0 spiro atoms. The molecule has 0 aliphatic carbocycles. The molecular weight excluding hydrogens is 254 g/mol. The third-order valence-corrected chi connectivity index (χ3v) is 3.06. The van der Waals surface area contributed by atoms with E-state index in [1.807, 2.05) is 37.3 Å². The Labute approximate surface area is 117 Å². The molecule has 104 valence electrons. The molecule has 0 N–H and O–H groups in total. The zero-order valence-corrected chi connectivity index (χ0v) is 11.6. The molecule has 5 heteroatoms. The molecule has 0 saturated heterocycles. The number of carbonyl (C=O) groups excluding carboxylic acids is 1. The van der Waals surface area contributed by atoms with Crippen molar-refractivity contribution in [1.82, 2.24) is 14.7 Å². The van der Waals surface area contributed by atoms with Gasteiger partial charge in [0, 0.05) is 26.2 Å². The first-order valence-electron chi connectivity index (χ1n) is 6.49. The minimum absolute atomic E-state index is 0.174. The minimum atomic E-state index is -0.229. The van der Waals surface area contributed by atoms with Crippen LogP contribution < -0.4 is 5.56 Å². The predicted molar refractivity (Wildman–Crippen MR) is 76.3 cm³/mol. The van der Waals surface area contributed by atoms with Crippen LogP contribution >= 0.6 is 0 Å². The molecule has 0 atom stereocenters. The van der Waals surface area contributed by atoms with E-state index in [4.69, 9.17) is 0 Å². The van der Waals surface area contributed by atoms with Crippen LogP contribution in [0.2, 0.25) is 0 Å². The lowest BCUT2D eigenvalue weighted by Crippen LogP contribution is -2.32. The zero-order chi connectivity index (χ0) is 14.5. The van der Waals surface area contributed by atoms with Crippen molar-refractivity contribution in [1.29, 1.82) is 0 Å².